The van der Waals surface area contributed by atoms with Crippen LogP contribution in [0.2, 0.25) is 5.02 Å². The molecule has 0 aromatic heterocycles. The number of ether oxygens (including phenoxy) is 1. The molecule has 3 heterocycles. The van der Waals surface area contributed by atoms with Gasteiger partial charge in [-0.3, -0.25) is 10.3 Å². The van der Waals surface area contributed by atoms with Gasteiger partial charge in [-0.2, -0.15) is 0 Å². The number of halogens is 1. The first kappa shape index (κ1) is 19.1. The van der Waals surface area contributed by atoms with E-state index in [4.69, 9.17) is 22.1 Å². The molecule has 2 saturated heterocycles. The van der Waals surface area contributed by atoms with Gasteiger partial charge < -0.3 is 30.7 Å². The number of nitrogens with two attached hydrogens (primary N) is 1. The van der Waals surface area contributed by atoms with Crippen molar-refractivity contribution in [3.05, 3.63) is 34.9 Å². The fourth-order valence-electron chi connectivity index (χ4n) is 4.21. The molecule has 0 saturated carbocycles. The number of benzene rings is 1. The molecule has 0 amide bonds. The van der Waals surface area contributed by atoms with Crippen molar-refractivity contribution >= 4 is 17.4 Å². The molecule has 1 aromatic rings. The molecule has 3 aliphatic heterocycles. The Morgan fingerprint density at radius 1 is 1.41 bits per heavy atom. The number of fused-ring (bicyclic) bond motifs is 1. The van der Waals surface area contributed by atoms with Crippen LogP contribution in [-0.4, -0.2) is 69.5 Å². The van der Waals surface area contributed by atoms with E-state index >= 15 is 0 Å². The molecular formula is C18H25ClN4O4. The molecule has 4 rings (SSSR count). The molecule has 8 nitrogen and oxygen atoms in total. The minimum Gasteiger partial charge on any atom is -0.386 e. The average Bonchev–Trinajstić information content (AvgIpc) is 3.16. The minimum atomic E-state index is -1.64. The van der Waals surface area contributed by atoms with Crippen LogP contribution in [0.5, 0.6) is 0 Å². The third-order valence-corrected chi connectivity index (χ3v) is 6.10. The van der Waals surface area contributed by atoms with E-state index in [1.165, 1.54) is 6.92 Å². The van der Waals surface area contributed by atoms with Gasteiger partial charge in [0.05, 0.1) is 12.8 Å². The lowest BCUT2D eigenvalue weighted by Gasteiger charge is -2.33. The van der Waals surface area contributed by atoms with Crippen molar-refractivity contribution in [2.24, 2.45) is 16.6 Å². The largest absolute Gasteiger partial charge is 0.386 e. The van der Waals surface area contributed by atoms with Crippen molar-refractivity contribution in [1.29, 1.82) is 0 Å². The predicted octanol–water partition coefficient (Wildman–Crippen LogP) is -0.224. The highest BCUT2D eigenvalue weighted by Crippen LogP contribution is 2.41. The molecule has 0 radical (unpaired) electrons. The van der Waals surface area contributed by atoms with Crippen molar-refractivity contribution in [3.63, 3.8) is 0 Å². The summed E-state index contributed by atoms with van der Waals surface area (Å²) in [7, 11) is 0. The standard InChI is InChI=1S/C18H25ClN4O4/c1-18(26)13(25)17(23-7-6-11-15(20)21-8-22-16(11)23)27-14(18)12(24)9-2-4-10(19)5-3-9/h2-5,11-15,17,21,24-26H,6-8,20H2,1H3/t11?,12-,13+,14-,15?,17-,18+/m1/s1. The summed E-state index contributed by atoms with van der Waals surface area (Å²) in [6.07, 6.45) is -3.55. The van der Waals surface area contributed by atoms with Crippen LogP contribution in [0.25, 0.3) is 0 Å². The van der Waals surface area contributed by atoms with Gasteiger partial charge in [-0.05, 0) is 31.0 Å². The third kappa shape index (κ3) is 3.15. The van der Waals surface area contributed by atoms with Crippen molar-refractivity contribution < 1.29 is 20.1 Å². The van der Waals surface area contributed by atoms with E-state index in [1.54, 1.807) is 24.3 Å². The Balaban J connectivity index is 1.58. The molecular weight excluding hydrogens is 372 g/mol. The zero-order valence-corrected chi connectivity index (χ0v) is 15.8. The van der Waals surface area contributed by atoms with Crippen LogP contribution in [0.3, 0.4) is 0 Å². The van der Waals surface area contributed by atoms with Crippen molar-refractivity contribution in [2.75, 3.05) is 13.2 Å². The fraction of sp³-hybridized carbons (Fsp3) is 0.611. The SMILES string of the molecule is C[C@@]1(O)[C@@H]([C@H](O)c2ccc(Cl)cc2)O[C@@H](N2CCC3C2=NCNC3N)[C@@H]1O. The Hall–Kier alpha value is -1.26. The van der Waals surface area contributed by atoms with Gasteiger partial charge in [-0.25, -0.2) is 0 Å². The number of likely N-dealkylation sites (tertiary alicyclic amines) is 1. The maximum absolute atomic E-state index is 10.9. The molecule has 1 aromatic carbocycles. The van der Waals surface area contributed by atoms with E-state index in [0.29, 0.717) is 23.8 Å². The summed E-state index contributed by atoms with van der Waals surface area (Å²) < 4.78 is 6.00. The van der Waals surface area contributed by atoms with Gasteiger partial charge in [-0.15, -0.1) is 0 Å². The van der Waals surface area contributed by atoms with Crippen LogP contribution < -0.4 is 11.1 Å². The maximum atomic E-state index is 10.9. The molecule has 2 unspecified atom stereocenters. The van der Waals surface area contributed by atoms with Gasteiger partial charge in [0.1, 0.15) is 29.7 Å². The number of aliphatic imine (C=N–C) groups is 1. The highest BCUT2D eigenvalue weighted by molar-refractivity contribution is 6.30. The first-order chi connectivity index (χ1) is 12.8. The van der Waals surface area contributed by atoms with Crippen LogP contribution >= 0.6 is 11.6 Å². The number of amidine groups is 1. The smallest absolute Gasteiger partial charge is 0.160 e. The predicted molar refractivity (Wildman–Crippen MR) is 99.9 cm³/mol. The Morgan fingerprint density at radius 3 is 2.81 bits per heavy atom. The Bertz CT molecular complexity index is 729. The molecule has 3 aliphatic rings. The van der Waals surface area contributed by atoms with E-state index < -0.39 is 30.1 Å². The van der Waals surface area contributed by atoms with E-state index in [2.05, 4.69) is 10.3 Å². The molecule has 0 bridgehead atoms. The van der Waals surface area contributed by atoms with Crippen molar-refractivity contribution in [1.82, 2.24) is 10.2 Å². The lowest BCUT2D eigenvalue weighted by atomic mass is 9.88. The van der Waals surface area contributed by atoms with Crippen LogP contribution in [0.1, 0.15) is 25.0 Å². The van der Waals surface area contributed by atoms with Gasteiger partial charge in [0.2, 0.25) is 0 Å². The summed E-state index contributed by atoms with van der Waals surface area (Å²) in [5, 5.41) is 36.2. The van der Waals surface area contributed by atoms with E-state index in [1.807, 2.05) is 4.90 Å². The summed E-state index contributed by atoms with van der Waals surface area (Å²) in [6, 6.07) is 6.67. The molecule has 2 fully saturated rings. The van der Waals surface area contributed by atoms with Crippen molar-refractivity contribution in [2.45, 2.75) is 49.7 Å². The molecule has 9 heteroatoms. The summed E-state index contributed by atoms with van der Waals surface area (Å²) in [4.78, 5) is 6.35. The maximum Gasteiger partial charge on any atom is 0.160 e. The highest BCUT2D eigenvalue weighted by atomic mass is 35.5. The number of nitrogens with one attached hydrogen (secondary N) is 1. The second kappa shape index (κ2) is 6.97. The van der Waals surface area contributed by atoms with Crippen LogP contribution in [0.15, 0.2) is 29.3 Å². The van der Waals surface area contributed by atoms with E-state index in [9.17, 15) is 15.3 Å². The van der Waals surface area contributed by atoms with E-state index in [0.717, 1.165) is 12.3 Å². The van der Waals surface area contributed by atoms with Gasteiger partial charge in [0.25, 0.3) is 0 Å². The van der Waals surface area contributed by atoms with Gasteiger partial charge in [0, 0.05) is 17.5 Å². The summed E-state index contributed by atoms with van der Waals surface area (Å²) in [6.45, 7) is 2.49. The molecule has 148 valence electrons. The van der Waals surface area contributed by atoms with Gasteiger partial charge in [0.15, 0.2) is 6.23 Å². The van der Waals surface area contributed by atoms with Crippen LogP contribution in [0, 0.1) is 5.92 Å². The number of nitrogens with zero attached hydrogens (tertiary/aromatic N) is 2. The van der Waals surface area contributed by atoms with Crippen LogP contribution in [-0.2, 0) is 4.74 Å². The van der Waals surface area contributed by atoms with Crippen LogP contribution in [0.4, 0.5) is 0 Å². The number of hydrogen-bond acceptors (Lipinski definition) is 8. The van der Waals surface area contributed by atoms with Gasteiger partial charge >= 0.3 is 0 Å². The van der Waals surface area contributed by atoms with Crippen molar-refractivity contribution in [3.8, 4) is 0 Å². The average molecular weight is 397 g/mol. The lowest BCUT2D eigenvalue weighted by molar-refractivity contribution is -0.117. The second-order valence-electron chi connectivity index (χ2n) is 7.61. The minimum absolute atomic E-state index is 0.0414. The molecule has 27 heavy (non-hydrogen) atoms. The summed E-state index contributed by atoms with van der Waals surface area (Å²) in [5.41, 5.74) is 5.02. The summed E-state index contributed by atoms with van der Waals surface area (Å²) >= 11 is 5.90. The summed E-state index contributed by atoms with van der Waals surface area (Å²) in [5.74, 6) is 0.822. The topological polar surface area (TPSA) is 124 Å². The number of hydrogen-bond donors (Lipinski definition) is 5. The van der Waals surface area contributed by atoms with E-state index in [-0.39, 0.29) is 12.1 Å². The molecule has 0 aliphatic carbocycles. The molecule has 0 spiro atoms. The Morgan fingerprint density at radius 2 is 2.11 bits per heavy atom. The first-order valence-electron chi connectivity index (χ1n) is 9.10. The normalized spacial score (nSPS) is 40.0. The Labute approximate surface area is 162 Å². The highest BCUT2D eigenvalue weighted by Gasteiger charge is 2.58. The zero-order chi connectivity index (χ0) is 19.3. The monoisotopic (exact) mass is 396 g/mol. The quantitative estimate of drug-likeness (QED) is 0.478. The zero-order valence-electron chi connectivity index (χ0n) is 15.0. The molecule has 6 N–H and O–H groups in total. The first-order valence-corrected chi connectivity index (χ1v) is 9.48. The van der Waals surface area contributed by atoms with Gasteiger partial charge in [-0.1, -0.05) is 23.7 Å². The third-order valence-electron chi connectivity index (χ3n) is 5.84. The number of aliphatic hydroxyl groups excluding tert-OH is 2. The molecule has 7 atom stereocenters. The number of aliphatic hydroxyl groups is 3. The second-order valence-corrected chi connectivity index (χ2v) is 8.04. The number of rotatable bonds is 3. The Kier molecular flexibility index (Phi) is 4.92. The fourth-order valence-corrected chi connectivity index (χ4v) is 4.33. The lowest BCUT2D eigenvalue weighted by Crippen LogP contribution is -2.54.